The fourth-order valence-electron chi connectivity index (χ4n) is 1.34. The Labute approximate surface area is 82.6 Å². The SMILES string of the molecule is Nc1ccc(C(F)F)c2cc(O)sc12. The van der Waals surface area contributed by atoms with Gasteiger partial charge in [-0.2, -0.15) is 0 Å². The number of fused-ring (bicyclic) bond motifs is 1. The summed E-state index contributed by atoms with van der Waals surface area (Å²) >= 11 is 1.01. The van der Waals surface area contributed by atoms with Gasteiger partial charge >= 0.3 is 0 Å². The molecule has 14 heavy (non-hydrogen) atoms. The summed E-state index contributed by atoms with van der Waals surface area (Å²) in [5.74, 6) is 0. The molecule has 0 atom stereocenters. The van der Waals surface area contributed by atoms with Crippen LogP contribution in [0.25, 0.3) is 10.1 Å². The van der Waals surface area contributed by atoms with Gasteiger partial charge in [0.2, 0.25) is 0 Å². The molecule has 1 aromatic carbocycles. The predicted molar refractivity (Wildman–Crippen MR) is 52.9 cm³/mol. The Kier molecular flexibility index (Phi) is 2.03. The Balaban J connectivity index is 2.81. The van der Waals surface area contributed by atoms with Crippen molar-refractivity contribution in [3.63, 3.8) is 0 Å². The first kappa shape index (κ1) is 9.21. The highest BCUT2D eigenvalue weighted by atomic mass is 32.1. The molecule has 0 spiro atoms. The average Bonchev–Trinajstić information content (AvgIpc) is 2.47. The zero-order valence-corrected chi connectivity index (χ0v) is 7.81. The first-order chi connectivity index (χ1) is 6.59. The predicted octanol–water partition coefficient (Wildman–Crippen LogP) is 3.13. The van der Waals surface area contributed by atoms with Gasteiger partial charge in [0, 0.05) is 16.6 Å². The van der Waals surface area contributed by atoms with E-state index in [1.165, 1.54) is 18.2 Å². The second-order valence-corrected chi connectivity index (χ2v) is 3.90. The summed E-state index contributed by atoms with van der Waals surface area (Å²) in [6, 6.07) is 4.03. The molecule has 0 aliphatic rings. The van der Waals surface area contributed by atoms with Crippen molar-refractivity contribution in [2.24, 2.45) is 0 Å². The molecule has 0 fully saturated rings. The molecular formula is C9H7F2NOS. The number of hydrogen-bond acceptors (Lipinski definition) is 3. The number of nitrogens with two attached hydrogens (primary N) is 1. The zero-order chi connectivity index (χ0) is 10.3. The standard InChI is InChI=1S/C9H7F2NOS/c10-9(11)4-1-2-6(12)8-5(4)3-7(13)14-8/h1-3,9,13H,12H2. The van der Waals surface area contributed by atoms with Crippen molar-refractivity contribution in [1.82, 2.24) is 0 Å². The van der Waals surface area contributed by atoms with Gasteiger partial charge in [-0.15, -0.1) is 0 Å². The van der Waals surface area contributed by atoms with Gasteiger partial charge in [0.15, 0.2) is 5.06 Å². The van der Waals surface area contributed by atoms with Crippen LogP contribution in [0, 0.1) is 0 Å². The minimum atomic E-state index is -2.55. The van der Waals surface area contributed by atoms with Crippen LogP contribution in [0.5, 0.6) is 5.06 Å². The quantitative estimate of drug-likeness (QED) is 0.718. The molecule has 5 heteroatoms. The number of anilines is 1. The van der Waals surface area contributed by atoms with Crippen LogP contribution < -0.4 is 5.73 Å². The summed E-state index contributed by atoms with van der Waals surface area (Å²) in [7, 11) is 0. The van der Waals surface area contributed by atoms with Gasteiger partial charge < -0.3 is 10.8 Å². The van der Waals surface area contributed by atoms with E-state index < -0.39 is 6.43 Å². The van der Waals surface area contributed by atoms with Gasteiger partial charge in [-0.25, -0.2) is 8.78 Å². The molecular weight excluding hydrogens is 208 g/mol. The maximum atomic E-state index is 12.5. The molecule has 2 nitrogen and oxygen atoms in total. The van der Waals surface area contributed by atoms with Gasteiger partial charge in [0.25, 0.3) is 6.43 Å². The molecule has 2 aromatic rings. The summed E-state index contributed by atoms with van der Waals surface area (Å²) in [4.78, 5) is 0. The minimum Gasteiger partial charge on any atom is -0.499 e. The lowest BCUT2D eigenvalue weighted by molar-refractivity contribution is 0.153. The van der Waals surface area contributed by atoms with Crippen LogP contribution >= 0.6 is 11.3 Å². The summed E-state index contributed by atoms with van der Waals surface area (Å²) in [6.45, 7) is 0. The van der Waals surface area contributed by atoms with Crippen molar-refractivity contribution in [2.45, 2.75) is 6.43 Å². The Morgan fingerprint density at radius 1 is 1.36 bits per heavy atom. The molecule has 0 saturated heterocycles. The van der Waals surface area contributed by atoms with Crippen molar-refractivity contribution >= 4 is 27.1 Å². The van der Waals surface area contributed by atoms with Crippen molar-refractivity contribution < 1.29 is 13.9 Å². The Hall–Kier alpha value is -1.36. The van der Waals surface area contributed by atoms with Crippen LogP contribution in [0.3, 0.4) is 0 Å². The molecule has 0 aliphatic heterocycles. The Morgan fingerprint density at radius 3 is 2.71 bits per heavy atom. The van der Waals surface area contributed by atoms with Crippen molar-refractivity contribution in [2.75, 3.05) is 5.73 Å². The average molecular weight is 215 g/mol. The smallest absolute Gasteiger partial charge is 0.264 e. The van der Waals surface area contributed by atoms with Crippen LogP contribution in [-0.4, -0.2) is 5.11 Å². The van der Waals surface area contributed by atoms with Crippen LogP contribution in [0.15, 0.2) is 18.2 Å². The number of hydrogen-bond donors (Lipinski definition) is 2. The Morgan fingerprint density at radius 2 is 2.07 bits per heavy atom. The molecule has 0 unspecified atom stereocenters. The molecule has 0 amide bonds. The van der Waals surface area contributed by atoms with Crippen molar-refractivity contribution in [3.05, 3.63) is 23.8 Å². The summed E-state index contributed by atoms with van der Waals surface area (Å²) in [5, 5.41) is 9.54. The Bertz CT molecular complexity index is 481. The first-order valence-electron chi connectivity index (χ1n) is 3.88. The van der Waals surface area contributed by atoms with E-state index in [4.69, 9.17) is 5.73 Å². The van der Waals surface area contributed by atoms with Crippen molar-refractivity contribution in [3.8, 4) is 5.06 Å². The number of nitrogen functional groups attached to an aromatic ring is 1. The number of aromatic hydroxyl groups is 1. The highest BCUT2D eigenvalue weighted by Crippen LogP contribution is 2.39. The van der Waals surface area contributed by atoms with Gasteiger partial charge in [0.05, 0.1) is 4.70 Å². The van der Waals surface area contributed by atoms with Gasteiger partial charge in [0.1, 0.15) is 0 Å². The van der Waals surface area contributed by atoms with E-state index in [-0.39, 0.29) is 10.6 Å². The lowest BCUT2D eigenvalue weighted by atomic mass is 10.1. The summed E-state index contributed by atoms with van der Waals surface area (Å²) in [6.07, 6.45) is -2.55. The van der Waals surface area contributed by atoms with Crippen LogP contribution in [0.1, 0.15) is 12.0 Å². The molecule has 0 saturated carbocycles. The molecule has 74 valence electrons. The van der Waals surface area contributed by atoms with E-state index >= 15 is 0 Å². The molecule has 0 aliphatic carbocycles. The fraction of sp³-hybridized carbons (Fsp3) is 0.111. The number of rotatable bonds is 1. The van der Waals surface area contributed by atoms with E-state index in [0.29, 0.717) is 15.8 Å². The van der Waals surface area contributed by atoms with E-state index in [1.54, 1.807) is 0 Å². The number of thiophene rings is 1. The normalized spacial score (nSPS) is 11.4. The summed E-state index contributed by atoms with van der Waals surface area (Å²) in [5.41, 5.74) is 5.91. The second kappa shape index (κ2) is 3.09. The monoisotopic (exact) mass is 215 g/mol. The number of alkyl halides is 2. The molecule has 0 bridgehead atoms. The first-order valence-corrected chi connectivity index (χ1v) is 4.70. The zero-order valence-electron chi connectivity index (χ0n) is 7.00. The maximum absolute atomic E-state index is 12.5. The van der Waals surface area contributed by atoms with Crippen LogP contribution in [0.4, 0.5) is 14.5 Å². The molecule has 0 radical (unpaired) electrons. The van der Waals surface area contributed by atoms with Gasteiger partial charge in [-0.3, -0.25) is 0 Å². The third-order valence-corrected chi connectivity index (χ3v) is 2.96. The topological polar surface area (TPSA) is 46.2 Å². The van der Waals surface area contributed by atoms with Gasteiger partial charge in [-0.05, 0) is 12.1 Å². The van der Waals surface area contributed by atoms with Crippen molar-refractivity contribution in [1.29, 1.82) is 0 Å². The lowest BCUT2D eigenvalue weighted by Crippen LogP contribution is -1.89. The van der Waals surface area contributed by atoms with E-state index in [9.17, 15) is 13.9 Å². The van der Waals surface area contributed by atoms with E-state index in [1.807, 2.05) is 0 Å². The summed E-state index contributed by atoms with van der Waals surface area (Å²) < 4.78 is 25.6. The minimum absolute atomic E-state index is 0.000185. The maximum Gasteiger partial charge on any atom is 0.264 e. The van der Waals surface area contributed by atoms with E-state index in [0.717, 1.165) is 11.3 Å². The largest absolute Gasteiger partial charge is 0.499 e. The number of benzene rings is 1. The lowest BCUT2D eigenvalue weighted by Gasteiger charge is -2.02. The van der Waals surface area contributed by atoms with Gasteiger partial charge in [-0.1, -0.05) is 17.4 Å². The molecule has 3 N–H and O–H groups in total. The van der Waals surface area contributed by atoms with E-state index in [2.05, 4.69) is 0 Å². The highest BCUT2D eigenvalue weighted by Gasteiger charge is 2.15. The fourth-order valence-corrected chi connectivity index (χ4v) is 2.20. The molecule has 1 heterocycles. The third-order valence-electron chi connectivity index (χ3n) is 1.97. The van der Waals surface area contributed by atoms with Crippen LogP contribution in [-0.2, 0) is 0 Å². The third kappa shape index (κ3) is 1.29. The molecule has 1 aromatic heterocycles. The number of halogens is 2. The highest BCUT2D eigenvalue weighted by molar-refractivity contribution is 7.21. The molecule has 2 rings (SSSR count). The van der Waals surface area contributed by atoms with Crippen LogP contribution in [0.2, 0.25) is 0 Å². The second-order valence-electron chi connectivity index (χ2n) is 2.87.